The minimum atomic E-state index is -3.45. The Hall–Kier alpha value is -1.58. The van der Waals surface area contributed by atoms with Crippen molar-refractivity contribution in [3.8, 4) is 0 Å². The van der Waals surface area contributed by atoms with Crippen LogP contribution in [0.5, 0.6) is 0 Å². The van der Waals surface area contributed by atoms with E-state index in [4.69, 9.17) is 0 Å². The average Bonchev–Trinajstić information content (AvgIpc) is 2.58. The van der Waals surface area contributed by atoms with E-state index in [-0.39, 0.29) is 11.7 Å². The monoisotopic (exact) mass is 385 g/mol. The molecule has 0 radical (unpaired) electrons. The maximum Gasteiger partial charge on any atom is 0.256 e. The van der Waals surface area contributed by atoms with Crippen LogP contribution in [-0.2, 0) is 19.6 Å². The molecule has 0 bridgehead atoms. The van der Waals surface area contributed by atoms with E-state index in [2.05, 4.69) is 10.9 Å². The van der Waals surface area contributed by atoms with Crippen molar-refractivity contribution in [3.63, 3.8) is 0 Å². The molecule has 25 heavy (non-hydrogen) atoms. The molecule has 0 unspecified atom stereocenters. The summed E-state index contributed by atoms with van der Waals surface area (Å²) in [6, 6.07) is 7.01. The Morgan fingerprint density at radius 1 is 1.20 bits per heavy atom. The maximum absolute atomic E-state index is 12.2. The zero-order chi connectivity index (χ0) is 18.4. The molecule has 138 valence electrons. The Labute approximate surface area is 152 Å². The predicted octanol–water partition coefficient (Wildman–Crippen LogP) is 1.05. The molecule has 1 aromatic carbocycles. The highest BCUT2D eigenvalue weighted by atomic mass is 32.2. The lowest BCUT2D eigenvalue weighted by Crippen LogP contribution is -2.55. The van der Waals surface area contributed by atoms with E-state index in [1.807, 2.05) is 31.2 Å². The van der Waals surface area contributed by atoms with Gasteiger partial charge in [-0.15, -0.1) is 11.8 Å². The maximum atomic E-state index is 12.2. The fraction of sp³-hybridized carbons (Fsp3) is 0.500. The number of sulfonamides is 1. The molecule has 2 N–H and O–H groups in total. The average molecular weight is 386 g/mol. The van der Waals surface area contributed by atoms with Crippen molar-refractivity contribution in [2.24, 2.45) is 0 Å². The van der Waals surface area contributed by atoms with E-state index in [0.717, 1.165) is 29.6 Å². The number of aryl methyl sites for hydroxylation is 1. The molecule has 1 saturated heterocycles. The molecule has 2 amide bonds. The smallest absolute Gasteiger partial charge is 0.256 e. The van der Waals surface area contributed by atoms with Crippen molar-refractivity contribution in [1.29, 1.82) is 0 Å². The number of thioether (sulfide) groups is 1. The van der Waals surface area contributed by atoms with Crippen LogP contribution in [0.4, 0.5) is 0 Å². The van der Waals surface area contributed by atoms with Crippen molar-refractivity contribution >= 4 is 33.6 Å². The SMILES string of the molecule is Cc1ccc(SCC(=O)NNC(=O)[C@H]2CCCCN2S(C)(=O)=O)cc1. The van der Waals surface area contributed by atoms with Gasteiger partial charge in [-0.2, -0.15) is 4.31 Å². The molecular weight excluding hydrogens is 362 g/mol. The number of amides is 2. The van der Waals surface area contributed by atoms with E-state index >= 15 is 0 Å². The summed E-state index contributed by atoms with van der Waals surface area (Å²) in [5, 5.41) is 0. The van der Waals surface area contributed by atoms with Gasteiger partial charge in [0.15, 0.2) is 0 Å². The van der Waals surface area contributed by atoms with Crippen LogP contribution < -0.4 is 10.9 Å². The number of carbonyl (C=O) groups is 2. The largest absolute Gasteiger partial charge is 0.272 e. The molecular formula is C16H23N3O4S2. The summed E-state index contributed by atoms with van der Waals surface area (Å²) < 4.78 is 24.7. The standard InChI is InChI=1S/C16H23N3O4S2/c1-12-6-8-13(9-7-12)24-11-15(20)17-18-16(21)14-5-3-4-10-19(14)25(2,22)23/h6-9,14H,3-5,10-11H2,1-2H3,(H,17,20)(H,18,21)/t14-/m1/s1. The first-order chi connectivity index (χ1) is 11.8. The Morgan fingerprint density at radius 3 is 2.52 bits per heavy atom. The van der Waals surface area contributed by atoms with Crippen LogP contribution >= 0.6 is 11.8 Å². The van der Waals surface area contributed by atoms with Crippen LogP contribution in [0.15, 0.2) is 29.2 Å². The molecule has 1 aliphatic rings. The van der Waals surface area contributed by atoms with Crippen LogP contribution in [-0.4, -0.2) is 49.1 Å². The molecule has 2 rings (SSSR count). The van der Waals surface area contributed by atoms with E-state index in [1.165, 1.54) is 16.1 Å². The molecule has 9 heteroatoms. The number of nitrogens with one attached hydrogen (secondary N) is 2. The van der Waals surface area contributed by atoms with Gasteiger partial charge >= 0.3 is 0 Å². The van der Waals surface area contributed by atoms with Crippen molar-refractivity contribution in [1.82, 2.24) is 15.2 Å². The number of nitrogens with zero attached hydrogens (tertiary/aromatic N) is 1. The number of piperidine rings is 1. The zero-order valence-corrected chi connectivity index (χ0v) is 16.0. The first-order valence-corrected chi connectivity index (χ1v) is 10.9. The van der Waals surface area contributed by atoms with Gasteiger partial charge in [0.2, 0.25) is 15.9 Å². The molecule has 0 saturated carbocycles. The predicted molar refractivity (Wildman–Crippen MR) is 97.4 cm³/mol. The van der Waals surface area contributed by atoms with Crippen molar-refractivity contribution in [3.05, 3.63) is 29.8 Å². The third-order valence-corrected chi connectivity index (χ3v) is 6.20. The Morgan fingerprint density at radius 2 is 1.88 bits per heavy atom. The molecule has 7 nitrogen and oxygen atoms in total. The number of hydrogen-bond acceptors (Lipinski definition) is 5. The van der Waals surface area contributed by atoms with Crippen molar-refractivity contribution in [2.45, 2.75) is 37.1 Å². The summed E-state index contributed by atoms with van der Waals surface area (Å²) in [6.07, 6.45) is 3.06. The van der Waals surface area contributed by atoms with Gasteiger partial charge in [-0.1, -0.05) is 24.1 Å². The minimum Gasteiger partial charge on any atom is -0.272 e. The van der Waals surface area contributed by atoms with Gasteiger partial charge < -0.3 is 0 Å². The van der Waals surface area contributed by atoms with Crippen molar-refractivity contribution < 1.29 is 18.0 Å². The summed E-state index contributed by atoms with van der Waals surface area (Å²) in [7, 11) is -3.45. The Kier molecular flexibility index (Phi) is 6.86. The number of carbonyl (C=O) groups excluding carboxylic acids is 2. The van der Waals surface area contributed by atoms with Gasteiger partial charge in [-0.05, 0) is 31.9 Å². The van der Waals surface area contributed by atoms with E-state index < -0.39 is 22.0 Å². The van der Waals surface area contributed by atoms with Crippen LogP contribution in [0.25, 0.3) is 0 Å². The second kappa shape index (κ2) is 8.68. The van der Waals surface area contributed by atoms with Crippen molar-refractivity contribution in [2.75, 3.05) is 18.6 Å². The second-order valence-electron chi connectivity index (χ2n) is 6.02. The quantitative estimate of drug-likeness (QED) is 0.583. The highest BCUT2D eigenvalue weighted by Crippen LogP contribution is 2.20. The molecule has 1 atom stereocenters. The van der Waals surface area contributed by atoms with Gasteiger partial charge in [0.25, 0.3) is 5.91 Å². The fourth-order valence-corrected chi connectivity index (χ4v) is 4.42. The molecule has 1 fully saturated rings. The molecule has 0 spiro atoms. The molecule has 0 aromatic heterocycles. The summed E-state index contributed by atoms with van der Waals surface area (Å²) in [5.41, 5.74) is 5.84. The highest BCUT2D eigenvalue weighted by molar-refractivity contribution is 8.00. The van der Waals surface area contributed by atoms with E-state index in [9.17, 15) is 18.0 Å². The number of rotatable bonds is 5. The highest BCUT2D eigenvalue weighted by Gasteiger charge is 2.34. The van der Waals surface area contributed by atoms with Crippen LogP contribution in [0.3, 0.4) is 0 Å². The molecule has 1 aliphatic heterocycles. The van der Waals surface area contributed by atoms with Crippen LogP contribution in [0.1, 0.15) is 24.8 Å². The van der Waals surface area contributed by atoms with Crippen LogP contribution in [0, 0.1) is 6.92 Å². The Bertz CT molecular complexity index is 719. The summed E-state index contributed by atoms with van der Waals surface area (Å²) in [4.78, 5) is 25.1. The summed E-state index contributed by atoms with van der Waals surface area (Å²) in [6.45, 7) is 2.32. The van der Waals surface area contributed by atoms with Gasteiger partial charge in [0, 0.05) is 11.4 Å². The van der Waals surface area contributed by atoms with E-state index in [1.54, 1.807) is 0 Å². The van der Waals surface area contributed by atoms with Gasteiger partial charge in [-0.3, -0.25) is 20.4 Å². The third kappa shape index (κ3) is 6.02. The van der Waals surface area contributed by atoms with E-state index in [0.29, 0.717) is 13.0 Å². The normalized spacial score (nSPS) is 18.6. The lowest BCUT2D eigenvalue weighted by atomic mass is 10.0. The zero-order valence-electron chi connectivity index (χ0n) is 14.3. The number of benzene rings is 1. The lowest BCUT2D eigenvalue weighted by Gasteiger charge is -2.32. The molecule has 0 aliphatic carbocycles. The fourth-order valence-electron chi connectivity index (χ4n) is 2.60. The first-order valence-electron chi connectivity index (χ1n) is 8.02. The second-order valence-corrected chi connectivity index (χ2v) is 9.01. The topological polar surface area (TPSA) is 95.6 Å². The van der Waals surface area contributed by atoms with Gasteiger partial charge in [0.05, 0.1) is 12.0 Å². The third-order valence-electron chi connectivity index (χ3n) is 3.90. The van der Waals surface area contributed by atoms with Crippen LogP contribution in [0.2, 0.25) is 0 Å². The number of hydrazine groups is 1. The molecule has 1 aromatic rings. The molecule has 1 heterocycles. The van der Waals surface area contributed by atoms with Gasteiger partial charge in [-0.25, -0.2) is 8.42 Å². The lowest BCUT2D eigenvalue weighted by molar-refractivity contribution is -0.130. The summed E-state index contributed by atoms with van der Waals surface area (Å²) in [5.74, 6) is -0.691. The minimum absolute atomic E-state index is 0.157. The summed E-state index contributed by atoms with van der Waals surface area (Å²) >= 11 is 1.36. The Balaban J connectivity index is 1.82. The van der Waals surface area contributed by atoms with Gasteiger partial charge in [0.1, 0.15) is 6.04 Å². The number of hydrogen-bond donors (Lipinski definition) is 2. The first kappa shape index (κ1) is 19.7.